The van der Waals surface area contributed by atoms with E-state index >= 15 is 0 Å². The molecule has 3 rings (SSSR count). The van der Waals surface area contributed by atoms with Crippen LogP contribution in [0.4, 0.5) is 5.13 Å². The minimum Gasteiger partial charge on any atom is -0.298 e. The Balaban J connectivity index is 1.65. The highest BCUT2D eigenvalue weighted by Gasteiger charge is 2.15. The number of fused-ring (bicyclic) bond motifs is 1. The van der Waals surface area contributed by atoms with Gasteiger partial charge in [-0.25, -0.2) is 4.98 Å². The molecule has 0 saturated heterocycles. The minimum atomic E-state index is -0.138. The van der Waals surface area contributed by atoms with E-state index in [1.165, 1.54) is 17.7 Å². The van der Waals surface area contributed by atoms with Gasteiger partial charge in [-0.2, -0.15) is 0 Å². The summed E-state index contributed by atoms with van der Waals surface area (Å²) in [5.74, 6) is -0.138. The van der Waals surface area contributed by atoms with Gasteiger partial charge in [-0.15, -0.1) is 11.3 Å². The van der Waals surface area contributed by atoms with Crippen LogP contribution in [-0.4, -0.2) is 10.9 Å². The summed E-state index contributed by atoms with van der Waals surface area (Å²) >= 11 is 5.02. The number of thiazole rings is 1. The number of carbonyl (C=O) groups is 1. The van der Waals surface area contributed by atoms with Gasteiger partial charge in [0.2, 0.25) is 5.91 Å². The molecule has 1 aliphatic rings. The van der Waals surface area contributed by atoms with E-state index in [2.05, 4.69) is 26.2 Å². The summed E-state index contributed by atoms with van der Waals surface area (Å²) in [6.07, 6.45) is 7.90. The van der Waals surface area contributed by atoms with E-state index in [-0.39, 0.29) is 5.91 Å². The predicted octanol–water partition coefficient (Wildman–Crippen LogP) is 4.44. The van der Waals surface area contributed by atoms with Crippen LogP contribution in [-0.2, 0) is 17.6 Å². The number of aryl methyl sites for hydroxylation is 2. The fourth-order valence-corrected chi connectivity index (χ4v) is 3.80. The third kappa shape index (κ3) is 3.80. The summed E-state index contributed by atoms with van der Waals surface area (Å²) < 4.78 is 0.998. The molecule has 1 amide bonds. The Morgan fingerprint density at radius 2 is 2.19 bits per heavy atom. The van der Waals surface area contributed by atoms with Crippen molar-refractivity contribution in [3.8, 4) is 0 Å². The Hall–Kier alpha value is -1.46. The Labute approximate surface area is 136 Å². The van der Waals surface area contributed by atoms with Crippen molar-refractivity contribution in [2.24, 2.45) is 0 Å². The van der Waals surface area contributed by atoms with E-state index in [4.69, 9.17) is 0 Å². The van der Waals surface area contributed by atoms with Crippen LogP contribution >= 0.6 is 27.3 Å². The van der Waals surface area contributed by atoms with Crippen LogP contribution in [0, 0.1) is 0 Å². The first kappa shape index (κ1) is 14.5. The van der Waals surface area contributed by atoms with Crippen LogP contribution in [0.1, 0.15) is 29.0 Å². The molecular weight excluding hydrogens is 348 g/mol. The van der Waals surface area contributed by atoms with E-state index in [1.54, 1.807) is 23.5 Å². The maximum absolute atomic E-state index is 11.9. The number of nitrogens with zero attached hydrogens (tertiary/aromatic N) is 1. The highest BCUT2D eigenvalue weighted by atomic mass is 79.9. The molecule has 21 heavy (non-hydrogen) atoms. The lowest BCUT2D eigenvalue weighted by Crippen LogP contribution is -2.07. The van der Waals surface area contributed by atoms with Crippen LogP contribution in [0.25, 0.3) is 6.08 Å². The van der Waals surface area contributed by atoms with Gasteiger partial charge in [-0.05, 0) is 49.5 Å². The largest absolute Gasteiger partial charge is 0.298 e. The van der Waals surface area contributed by atoms with E-state index in [0.717, 1.165) is 28.6 Å². The van der Waals surface area contributed by atoms with Gasteiger partial charge < -0.3 is 0 Å². The maximum Gasteiger partial charge on any atom is 0.250 e. The Kier molecular flexibility index (Phi) is 4.51. The molecule has 1 N–H and O–H groups in total. The number of benzene rings is 1. The third-order valence-corrected chi connectivity index (χ3v) is 4.92. The van der Waals surface area contributed by atoms with Gasteiger partial charge in [0.15, 0.2) is 5.13 Å². The number of rotatable bonds is 3. The Morgan fingerprint density at radius 1 is 1.33 bits per heavy atom. The van der Waals surface area contributed by atoms with Gasteiger partial charge in [0.25, 0.3) is 0 Å². The van der Waals surface area contributed by atoms with Crippen LogP contribution in [0.15, 0.2) is 34.8 Å². The van der Waals surface area contributed by atoms with E-state index in [1.807, 2.05) is 24.3 Å². The summed E-state index contributed by atoms with van der Waals surface area (Å²) in [4.78, 5) is 17.8. The molecule has 0 atom stereocenters. The summed E-state index contributed by atoms with van der Waals surface area (Å²) in [7, 11) is 0. The number of hydrogen-bond donors (Lipinski definition) is 1. The lowest BCUT2D eigenvalue weighted by Gasteiger charge is -2.06. The molecule has 2 aromatic rings. The standard InChI is InChI=1S/C16H15BrN2OS/c17-12-5-3-4-11(10-12)8-9-15(20)19-16-18-13-6-1-2-7-14(13)21-16/h3-5,8-10H,1-2,6-7H2,(H,18,19,20)/b9-8+. The molecule has 3 nitrogen and oxygen atoms in total. The maximum atomic E-state index is 11.9. The number of hydrogen-bond acceptors (Lipinski definition) is 3. The van der Waals surface area contributed by atoms with Crippen LogP contribution in [0.5, 0.6) is 0 Å². The van der Waals surface area contributed by atoms with Crippen LogP contribution in [0.2, 0.25) is 0 Å². The molecule has 1 heterocycles. The fourth-order valence-electron chi connectivity index (χ4n) is 2.33. The summed E-state index contributed by atoms with van der Waals surface area (Å²) in [6, 6.07) is 7.82. The summed E-state index contributed by atoms with van der Waals surface area (Å²) in [6.45, 7) is 0. The normalized spacial score (nSPS) is 14.1. The van der Waals surface area contributed by atoms with Crippen LogP contribution < -0.4 is 5.32 Å². The number of halogens is 1. The smallest absolute Gasteiger partial charge is 0.250 e. The van der Waals surface area contributed by atoms with Gasteiger partial charge in [0, 0.05) is 15.4 Å². The molecule has 0 saturated carbocycles. The minimum absolute atomic E-state index is 0.138. The molecule has 1 aromatic heterocycles. The van der Waals surface area contributed by atoms with Crippen molar-refractivity contribution in [2.45, 2.75) is 25.7 Å². The van der Waals surface area contributed by atoms with Gasteiger partial charge in [-0.1, -0.05) is 28.1 Å². The first-order chi connectivity index (χ1) is 10.2. The quantitative estimate of drug-likeness (QED) is 0.820. The fraction of sp³-hybridized carbons (Fsp3) is 0.250. The number of carbonyl (C=O) groups excluding carboxylic acids is 1. The molecule has 0 unspecified atom stereocenters. The molecule has 0 bridgehead atoms. The Morgan fingerprint density at radius 3 is 3.00 bits per heavy atom. The highest BCUT2D eigenvalue weighted by Crippen LogP contribution is 2.29. The SMILES string of the molecule is O=C(/C=C/c1cccc(Br)c1)Nc1nc2c(s1)CCCC2. The van der Waals surface area contributed by atoms with E-state index in [9.17, 15) is 4.79 Å². The second kappa shape index (κ2) is 6.54. The number of amides is 1. The van der Waals surface area contributed by atoms with Crippen molar-refractivity contribution in [1.29, 1.82) is 0 Å². The molecule has 5 heteroatoms. The van der Waals surface area contributed by atoms with Gasteiger partial charge in [-0.3, -0.25) is 10.1 Å². The average Bonchev–Trinajstić information content (AvgIpc) is 2.87. The van der Waals surface area contributed by atoms with Crippen LogP contribution in [0.3, 0.4) is 0 Å². The monoisotopic (exact) mass is 362 g/mol. The zero-order valence-electron chi connectivity index (χ0n) is 11.4. The van der Waals surface area contributed by atoms with Crippen molar-refractivity contribution in [3.63, 3.8) is 0 Å². The molecule has 0 radical (unpaired) electrons. The van der Waals surface area contributed by atoms with Crippen molar-refractivity contribution in [2.75, 3.05) is 5.32 Å². The summed E-state index contributed by atoms with van der Waals surface area (Å²) in [5, 5.41) is 3.57. The zero-order valence-corrected chi connectivity index (χ0v) is 13.8. The molecule has 0 fully saturated rings. The second-order valence-corrected chi connectivity index (χ2v) is 6.97. The number of nitrogens with one attached hydrogen (secondary N) is 1. The predicted molar refractivity (Wildman–Crippen MR) is 90.6 cm³/mol. The topological polar surface area (TPSA) is 42.0 Å². The van der Waals surface area contributed by atoms with Crippen molar-refractivity contribution in [1.82, 2.24) is 4.98 Å². The lowest BCUT2D eigenvalue weighted by molar-refractivity contribution is -0.111. The zero-order chi connectivity index (χ0) is 14.7. The van der Waals surface area contributed by atoms with Crippen molar-refractivity contribution >= 4 is 44.4 Å². The van der Waals surface area contributed by atoms with Gasteiger partial charge >= 0.3 is 0 Å². The summed E-state index contributed by atoms with van der Waals surface area (Å²) in [5.41, 5.74) is 2.15. The molecule has 0 spiro atoms. The Bertz CT molecular complexity index is 670. The van der Waals surface area contributed by atoms with Crippen molar-refractivity contribution in [3.05, 3.63) is 50.9 Å². The first-order valence-electron chi connectivity index (χ1n) is 6.94. The van der Waals surface area contributed by atoms with Crippen molar-refractivity contribution < 1.29 is 4.79 Å². The van der Waals surface area contributed by atoms with E-state index < -0.39 is 0 Å². The van der Waals surface area contributed by atoms with E-state index in [0.29, 0.717) is 5.13 Å². The first-order valence-corrected chi connectivity index (χ1v) is 8.55. The molecule has 1 aliphatic carbocycles. The average molecular weight is 363 g/mol. The highest BCUT2D eigenvalue weighted by molar-refractivity contribution is 9.10. The number of aromatic nitrogens is 1. The second-order valence-electron chi connectivity index (χ2n) is 4.97. The molecular formula is C16H15BrN2OS. The lowest BCUT2D eigenvalue weighted by atomic mass is 10.0. The van der Waals surface area contributed by atoms with Gasteiger partial charge in [0.05, 0.1) is 5.69 Å². The molecule has 1 aromatic carbocycles. The number of anilines is 1. The molecule has 0 aliphatic heterocycles. The third-order valence-electron chi connectivity index (χ3n) is 3.35. The molecule has 108 valence electrons. The van der Waals surface area contributed by atoms with Gasteiger partial charge in [0.1, 0.15) is 0 Å².